The summed E-state index contributed by atoms with van der Waals surface area (Å²) in [5, 5.41) is 9.10. The Hall–Kier alpha value is -2.69. The second-order valence-corrected chi connectivity index (χ2v) is 5.74. The van der Waals surface area contributed by atoms with Gasteiger partial charge in [0.2, 0.25) is 0 Å². The average molecular weight is 305 g/mol. The van der Waals surface area contributed by atoms with E-state index in [1.165, 1.54) is 5.52 Å². The lowest BCUT2D eigenvalue weighted by Gasteiger charge is -2.08. The van der Waals surface area contributed by atoms with Gasteiger partial charge >= 0.3 is 0 Å². The molecule has 0 saturated heterocycles. The molecule has 0 aliphatic heterocycles. The molecule has 23 heavy (non-hydrogen) atoms. The maximum Gasteiger partial charge on any atom is 0.133 e. The fraction of sp³-hybridized carbons (Fsp3) is 0.278. The molecule has 0 radical (unpaired) electrons. The van der Waals surface area contributed by atoms with Crippen molar-refractivity contribution in [1.29, 1.82) is 0 Å². The molecule has 116 valence electrons. The molecule has 0 fully saturated rings. The zero-order chi connectivity index (χ0) is 15.6. The number of fused-ring (bicyclic) bond motifs is 2. The molecule has 2 heterocycles. The molecule has 5 heteroatoms. The minimum Gasteiger partial charge on any atom is -0.326 e. The average Bonchev–Trinajstić information content (AvgIpc) is 3.13. The van der Waals surface area contributed by atoms with E-state index in [0.717, 1.165) is 41.8 Å². The minimum atomic E-state index is 0.590. The number of para-hydroxylation sites is 2. The second-order valence-electron chi connectivity index (χ2n) is 5.74. The highest BCUT2D eigenvalue weighted by Gasteiger charge is 2.12. The fourth-order valence-electron chi connectivity index (χ4n) is 2.91. The molecular formula is C18H19N5. The number of hydrogen-bond donors (Lipinski definition) is 0. The van der Waals surface area contributed by atoms with Crippen molar-refractivity contribution in [2.45, 2.75) is 32.9 Å². The Morgan fingerprint density at radius 1 is 0.870 bits per heavy atom. The van der Waals surface area contributed by atoms with Crippen molar-refractivity contribution in [3.8, 4) is 0 Å². The van der Waals surface area contributed by atoms with Gasteiger partial charge in [0.15, 0.2) is 0 Å². The third kappa shape index (κ3) is 2.59. The molecule has 4 rings (SSSR count). The van der Waals surface area contributed by atoms with Gasteiger partial charge < -0.3 is 4.57 Å². The highest BCUT2D eigenvalue weighted by atomic mass is 15.5. The maximum atomic E-state index is 4.79. The Labute approximate surface area is 134 Å². The molecule has 2 aromatic carbocycles. The molecular weight excluding hydrogens is 286 g/mol. The van der Waals surface area contributed by atoms with E-state index in [1.807, 2.05) is 30.3 Å². The van der Waals surface area contributed by atoms with E-state index in [0.29, 0.717) is 6.54 Å². The molecule has 0 aliphatic rings. The SMILES string of the molecule is CCCCn1c(Cn2nc3ccccc3n2)nc2ccccc21. The monoisotopic (exact) mass is 305 g/mol. The van der Waals surface area contributed by atoms with Gasteiger partial charge in [0.05, 0.1) is 11.0 Å². The fourth-order valence-corrected chi connectivity index (χ4v) is 2.91. The first-order chi connectivity index (χ1) is 11.3. The van der Waals surface area contributed by atoms with E-state index in [9.17, 15) is 0 Å². The summed E-state index contributed by atoms with van der Waals surface area (Å²) in [4.78, 5) is 6.54. The van der Waals surface area contributed by atoms with Crippen LogP contribution >= 0.6 is 0 Å². The van der Waals surface area contributed by atoms with Crippen molar-refractivity contribution in [3.63, 3.8) is 0 Å². The lowest BCUT2D eigenvalue weighted by molar-refractivity contribution is 0.539. The van der Waals surface area contributed by atoms with Crippen molar-refractivity contribution >= 4 is 22.1 Å². The van der Waals surface area contributed by atoms with Gasteiger partial charge in [0.25, 0.3) is 0 Å². The Kier molecular flexibility index (Phi) is 3.54. The summed E-state index contributed by atoms with van der Waals surface area (Å²) in [6, 6.07) is 16.2. The van der Waals surface area contributed by atoms with Crippen LogP contribution in [0.2, 0.25) is 0 Å². The lowest BCUT2D eigenvalue weighted by atomic mass is 10.3. The predicted molar refractivity (Wildman–Crippen MR) is 91.3 cm³/mol. The summed E-state index contributed by atoms with van der Waals surface area (Å²) in [5.41, 5.74) is 4.07. The molecule has 0 bridgehead atoms. The van der Waals surface area contributed by atoms with Gasteiger partial charge in [-0.3, -0.25) is 0 Å². The minimum absolute atomic E-state index is 0.590. The number of aryl methyl sites for hydroxylation is 1. The maximum absolute atomic E-state index is 4.79. The largest absolute Gasteiger partial charge is 0.326 e. The summed E-state index contributed by atoms with van der Waals surface area (Å²) in [5.74, 6) is 1.01. The van der Waals surface area contributed by atoms with E-state index in [-0.39, 0.29) is 0 Å². The third-order valence-corrected chi connectivity index (χ3v) is 4.08. The van der Waals surface area contributed by atoms with Gasteiger partial charge in [0.1, 0.15) is 23.4 Å². The van der Waals surface area contributed by atoms with E-state index < -0.39 is 0 Å². The van der Waals surface area contributed by atoms with Crippen molar-refractivity contribution in [1.82, 2.24) is 24.5 Å². The number of benzene rings is 2. The normalized spacial score (nSPS) is 11.5. The molecule has 0 N–H and O–H groups in total. The number of imidazole rings is 1. The summed E-state index contributed by atoms with van der Waals surface area (Å²) in [7, 11) is 0. The first-order valence-electron chi connectivity index (χ1n) is 8.09. The molecule has 0 saturated carbocycles. The van der Waals surface area contributed by atoms with Crippen LogP contribution < -0.4 is 0 Å². The number of aromatic nitrogens is 5. The standard InChI is InChI=1S/C18H19N5/c1-2-3-12-22-17-11-7-6-10-16(17)19-18(22)13-23-20-14-8-4-5-9-15(14)21-23/h4-11H,2-3,12-13H2,1H3. The van der Waals surface area contributed by atoms with E-state index in [2.05, 4.69) is 39.9 Å². The van der Waals surface area contributed by atoms with Gasteiger partial charge in [-0.05, 0) is 30.7 Å². The predicted octanol–water partition coefficient (Wildman–Crippen LogP) is 3.63. The lowest BCUT2D eigenvalue weighted by Crippen LogP contribution is -2.11. The van der Waals surface area contributed by atoms with Gasteiger partial charge in [-0.1, -0.05) is 37.6 Å². The Balaban J connectivity index is 1.74. The van der Waals surface area contributed by atoms with Gasteiger partial charge in [-0.15, -0.1) is 0 Å². The summed E-state index contributed by atoms with van der Waals surface area (Å²) >= 11 is 0. The van der Waals surface area contributed by atoms with Crippen molar-refractivity contribution < 1.29 is 0 Å². The Morgan fingerprint density at radius 3 is 2.22 bits per heavy atom. The topological polar surface area (TPSA) is 48.5 Å². The van der Waals surface area contributed by atoms with Crippen molar-refractivity contribution in [2.24, 2.45) is 0 Å². The van der Waals surface area contributed by atoms with Gasteiger partial charge in [0, 0.05) is 6.54 Å². The van der Waals surface area contributed by atoms with Gasteiger partial charge in [-0.2, -0.15) is 15.0 Å². The summed E-state index contributed by atoms with van der Waals surface area (Å²) in [6.45, 7) is 3.78. The molecule has 0 amide bonds. The summed E-state index contributed by atoms with van der Waals surface area (Å²) < 4.78 is 2.30. The van der Waals surface area contributed by atoms with Crippen LogP contribution in [0.5, 0.6) is 0 Å². The van der Waals surface area contributed by atoms with Crippen LogP contribution in [0.25, 0.3) is 22.1 Å². The summed E-state index contributed by atoms with van der Waals surface area (Å²) in [6.07, 6.45) is 2.30. The molecule has 0 spiro atoms. The third-order valence-electron chi connectivity index (χ3n) is 4.08. The number of nitrogens with zero attached hydrogens (tertiary/aromatic N) is 5. The van der Waals surface area contributed by atoms with Gasteiger partial charge in [-0.25, -0.2) is 4.98 Å². The van der Waals surface area contributed by atoms with Crippen LogP contribution in [-0.4, -0.2) is 24.5 Å². The zero-order valence-electron chi connectivity index (χ0n) is 13.2. The molecule has 5 nitrogen and oxygen atoms in total. The van der Waals surface area contributed by atoms with E-state index >= 15 is 0 Å². The van der Waals surface area contributed by atoms with Crippen LogP contribution in [0, 0.1) is 0 Å². The zero-order valence-corrected chi connectivity index (χ0v) is 13.2. The number of unbranched alkanes of at least 4 members (excludes halogenated alkanes) is 1. The van der Waals surface area contributed by atoms with Crippen molar-refractivity contribution in [3.05, 3.63) is 54.4 Å². The van der Waals surface area contributed by atoms with Crippen LogP contribution in [0.4, 0.5) is 0 Å². The molecule has 4 aromatic rings. The Morgan fingerprint density at radius 2 is 1.52 bits per heavy atom. The van der Waals surface area contributed by atoms with E-state index in [4.69, 9.17) is 4.98 Å². The van der Waals surface area contributed by atoms with Crippen LogP contribution in [0.15, 0.2) is 48.5 Å². The van der Waals surface area contributed by atoms with Crippen LogP contribution in [-0.2, 0) is 13.1 Å². The second kappa shape index (κ2) is 5.83. The molecule has 0 atom stereocenters. The molecule has 2 aromatic heterocycles. The first-order valence-corrected chi connectivity index (χ1v) is 8.09. The number of hydrogen-bond acceptors (Lipinski definition) is 3. The smallest absolute Gasteiger partial charge is 0.133 e. The van der Waals surface area contributed by atoms with Crippen LogP contribution in [0.3, 0.4) is 0 Å². The molecule has 0 unspecified atom stereocenters. The highest BCUT2D eigenvalue weighted by Crippen LogP contribution is 2.18. The first kappa shape index (κ1) is 13.9. The van der Waals surface area contributed by atoms with Crippen LogP contribution in [0.1, 0.15) is 25.6 Å². The molecule has 0 aliphatic carbocycles. The Bertz CT molecular complexity index is 917. The quantitative estimate of drug-likeness (QED) is 0.565. The number of rotatable bonds is 5. The van der Waals surface area contributed by atoms with Crippen molar-refractivity contribution in [2.75, 3.05) is 0 Å². The van der Waals surface area contributed by atoms with E-state index in [1.54, 1.807) is 4.80 Å². The highest BCUT2D eigenvalue weighted by molar-refractivity contribution is 5.76.